The summed E-state index contributed by atoms with van der Waals surface area (Å²) >= 11 is 0. The summed E-state index contributed by atoms with van der Waals surface area (Å²) < 4.78 is 0. The van der Waals surface area contributed by atoms with Gasteiger partial charge >= 0.3 is 0 Å². The summed E-state index contributed by atoms with van der Waals surface area (Å²) in [5.74, 6) is -1.26. The number of carbonyl (C=O) groups is 2. The monoisotopic (exact) mass is 420 g/mol. The molecule has 2 N–H and O–H groups in total. The lowest BCUT2D eigenvalue weighted by Gasteiger charge is -2.11. The van der Waals surface area contributed by atoms with Crippen LogP contribution < -0.4 is 20.7 Å². The van der Waals surface area contributed by atoms with Gasteiger partial charge < -0.3 is 9.80 Å². The van der Waals surface area contributed by atoms with Gasteiger partial charge in [-0.25, -0.2) is 10.9 Å². The molecule has 8 heteroatoms. The van der Waals surface area contributed by atoms with Crippen LogP contribution in [0.25, 0.3) is 0 Å². The van der Waals surface area contributed by atoms with Crippen molar-refractivity contribution in [3.05, 3.63) is 59.7 Å². The first-order valence-electron chi connectivity index (χ1n) is 10.1. The van der Waals surface area contributed by atoms with Crippen molar-refractivity contribution in [1.29, 1.82) is 0 Å². The van der Waals surface area contributed by atoms with Crippen molar-refractivity contribution >= 4 is 35.6 Å². The van der Waals surface area contributed by atoms with Gasteiger partial charge in [-0.3, -0.25) is 9.59 Å². The van der Waals surface area contributed by atoms with Gasteiger partial charge in [0, 0.05) is 39.6 Å². The molecule has 162 valence electrons. The number of benzene rings is 2. The van der Waals surface area contributed by atoms with Crippen LogP contribution in [0.1, 0.15) is 17.5 Å². The normalized spacial score (nSPS) is 17.5. The van der Waals surface area contributed by atoms with E-state index in [1.165, 1.54) is 0 Å². The SMILES string of the molecule is CN(C)c1ccc(/C=N\NC(=O)[C@H]2C[C@H]2C(=O)N/N=C\c2ccc(N(C)C)cc2)cc1. The highest BCUT2D eigenvalue weighted by Gasteiger charge is 2.48. The van der Waals surface area contributed by atoms with Gasteiger partial charge in [0.1, 0.15) is 0 Å². The first kappa shape index (κ1) is 22.0. The molecule has 0 bridgehead atoms. The van der Waals surface area contributed by atoms with E-state index < -0.39 is 0 Å². The highest BCUT2D eigenvalue weighted by molar-refractivity contribution is 5.93. The van der Waals surface area contributed by atoms with Gasteiger partial charge in [-0.05, 0) is 41.8 Å². The van der Waals surface area contributed by atoms with Crippen LogP contribution in [0.3, 0.4) is 0 Å². The molecule has 0 unspecified atom stereocenters. The molecule has 3 rings (SSSR count). The van der Waals surface area contributed by atoms with E-state index in [0.29, 0.717) is 6.42 Å². The van der Waals surface area contributed by atoms with Crippen LogP contribution in [0.2, 0.25) is 0 Å². The van der Waals surface area contributed by atoms with E-state index in [9.17, 15) is 9.59 Å². The predicted molar refractivity (Wildman–Crippen MR) is 125 cm³/mol. The lowest BCUT2D eigenvalue weighted by molar-refractivity contribution is -0.127. The molecule has 31 heavy (non-hydrogen) atoms. The van der Waals surface area contributed by atoms with Gasteiger partial charge in [-0.2, -0.15) is 10.2 Å². The molecule has 2 aromatic rings. The Labute approximate surface area is 182 Å². The van der Waals surface area contributed by atoms with Crippen LogP contribution >= 0.6 is 0 Å². The predicted octanol–water partition coefficient (Wildman–Crippen LogP) is 2.06. The van der Waals surface area contributed by atoms with Crippen LogP contribution in [0.5, 0.6) is 0 Å². The fourth-order valence-corrected chi connectivity index (χ4v) is 3.00. The van der Waals surface area contributed by atoms with Crippen LogP contribution in [-0.4, -0.2) is 52.4 Å². The van der Waals surface area contributed by atoms with E-state index >= 15 is 0 Å². The highest BCUT2D eigenvalue weighted by Crippen LogP contribution is 2.38. The number of anilines is 2. The van der Waals surface area contributed by atoms with Crippen molar-refractivity contribution in [2.24, 2.45) is 22.0 Å². The van der Waals surface area contributed by atoms with Crippen molar-refractivity contribution in [3.8, 4) is 0 Å². The third-order valence-corrected chi connectivity index (χ3v) is 5.06. The van der Waals surface area contributed by atoms with Gasteiger partial charge in [-0.1, -0.05) is 24.3 Å². The maximum Gasteiger partial charge on any atom is 0.244 e. The van der Waals surface area contributed by atoms with E-state index in [1.807, 2.05) is 86.5 Å². The molecule has 2 amide bonds. The summed E-state index contributed by atoms with van der Waals surface area (Å²) in [6.45, 7) is 0. The average molecular weight is 421 g/mol. The second-order valence-corrected chi connectivity index (χ2v) is 7.89. The summed E-state index contributed by atoms with van der Waals surface area (Å²) in [5.41, 5.74) is 8.94. The average Bonchev–Trinajstić information content (AvgIpc) is 3.55. The lowest BCUT2D eigenvalue weighted by atomic mass is 10.2. The Morgan fingerprint density at radius 2 is 1.10 bits per heavy atom. The molecule has 0 aromatic heterocycles. The number of hydrogen-bond acceptors (Lipinski definition) is 6. The van der Waals surface area contributed by atoms with Crippen molar-refractivity contribution in [2.45, 2.75) is 6.42 Å². The molecule has 8 nitrogen and oxygen atoms in total. The molecule has 1 aliphatic carbocycles. The molecule has 0 radical (unpaired) electrons. The maximum atomic E-state index is 12.2. The Morgan fingerprint density at radius 1 is 0.742 bits per heavy atom. The van der Waals surface area contributed by atoms with Crippen molar-refractivity contribution in [1.82, 2.24) is 10.9 Å². The summed E-state index contributed by atoms with van der Waals surface area (Å²) in [5, 5.41) is 7.98. The molecule has 2 aromatic carbocycles. The van der Waals surface area contributed by atoms with E-state index in [4.69, 9.17) is 0 Å². The molecule has 0 spiro atoms. The minimum atomic E-state index is -0.372. The zero-order valence-corrected chi connectivity index (χ0v) is 18.2. The van der Waals surface area contributed by atoms with Crippen molar-refractivity contribution in [2.75, 3.05) is 38.0 Å². The van der Waals surface area contributed by atoms with E-state index in [1.54, 1.807) is 12.4 Å². The fraction of sp³-hybridized carbons (Fsp3) is 0.304. The highest BCUT2D eigenvalue weighted by atomic mass is 16.2. The largest absolute Gasteiger partial charge is 0.378 e. The molecule has 1 saturated carbocycles. The van der Waals surface area contributed by atoms with Gasteiger partial charge in [-0.15, -0.1) is 0 Å². The quantitative estimate of drug-likeness (QED) is 0.505. The van der Waals surface area contributed by atoms with Crippen LogP contribution in [0.4, 0.5) is 11.4 Å². The number of nitrogens with one attached hydrogen (secondary N) is 2. The molecular weight excluding hydrogens is 392 g/mol. The Hall–Kier alpha value is -3.68. The Kier molecular flexibility index (Phi) is 7.02. The third kappa shape index (κ3) is 6.15. The summed E-state index contributed by atoms with van der Waals surface area (Å²) in [6.07, 6.45) is 3.67. The van der Waals surface area contributed by atoms with Gasteiger partial charge in [0.15, 0.2) is 0 Å². The Balaban J connectivity index is 1.42. The second-order valence-electron chi connectivity index (χ2n) is 7.89. The molecule has 0 heterocycles. The summed E-state index contributed by atoms with van der Waals surface area (Å²) in [6, 6.07) is 15.6. The second kappa shape index (κ2) is 9.88. The first-order chi connectivity index (χ1) is 14.8. The Morgan fingerprint density at radius 3 is 1.42 bits per heavy atom. The zero-order valence-electron chi connectivity index (χ0n) is 18.2. The number of hydrogen-bond donors (Lipinski definition) is 2. The molecule has 2 atom stereocenters. The number of hydrazone groups is 2. The minimum Gasteiger partial charge on any atom is -0.378 e. The maximum absolute atomic E-state index is 12.2. The van der Waals surface area contributed by atoms with E-state index in [-0.39, 0.29) is 23.7 Å². The van der Waals surface area contributed by atoms with Crippen molar-refractivity contribution < 1.29 is 9.59 Å². The molecule has 1 fully saturated rings. The van der Waals surface area contributed by atoms with Gasteiger partial charge in [0.25, 0.3) is 0 Å². The molecular formula is C23H28N6O2. The summed E-state index contributed by atoms with van der Waals surface area (Å²) in [4.78, 5) is 28.4. The van der Waals surface area contributed by atoms with Crippen LogP contribution in [0.15, 0.2) is 58.7 Å². The van der Waals surface area contributed by atoms with E-state index in [2.05, 4.69) is 21.1 Å². The number of carbonyl (C=O) groups excluding carboxylic acids is 2. The third-order valence-electron chi connectivity index (χ3n) is 5.06. The fourth-order valence-electron chi connectivity index (χ4n) is 3.00. The van der Waals surface area contributed by atoms with Crippen LogP contribution in [0, 0.1) is 11.8 Å². The zero-order chi connectivity index (χ0) is 22.4. The first-order valence-corrected chi connectivity index (χ1v) is 10.1. The Bertz CT molecular complexity index is 885. The smallest absolute Gasteiger partial charge is 0.244 e. The molecule has 0 aliphatic heterocycles. The van der Waals surface area contributed by atoms with E-state index in [0.717, 1.165) is 22.5 Å². The number of rotatable bonds is 8. The molecule has 1 aliphatic rings. The lowest BCUT2D eigenvalue weighted by Crippen LogP contribution is -2.25. The summed E-state index contributed by atoms with van der Waals surface area (Å²) in [7, 11) is 7.89. The standard InChI is InChI=1S/C23H28N6O2/c1-28(2)18-9-5-16(6-10-18)14-24-26-22(30)20-13-21(20)23(31)27-25-15-17-7-11-19(12-8-17)29(3)4/h5-12,14-15,20-21H,13H2,1-4H3,(H,26,30)(H,27,31)/b24-14-,25-15-/t20-,21+. The van der Waals surface area contributed by atoms with Gasteiger partial charge in [0.05, 0.1) is 24.3 Å². The van der Waals surface area contributed by atoms with Crippen LogP contribution in [-0.2, 0) is 9.59 Å². The minimum absolute atomic E-state index is 0.260. The van der Waals surface area contributed by atoms with Crippen molar-refractivity contribution in [3.63, 3.8) is 0 Å². The topological polar surface area (TPSA) is 89.4 Å². The molecule has 0 saturated heterocycles. The number of nitrogens with zero attached hydrogens (tertiary/aromatic N) is 4. The number of amides is 2. The van der Waals surface area contributed by atoms with Gasteiger partial charge in [0.2, 0.25) is 11.8 Å².